The molecular weight excluding hydrogens is 304 g/mol. The van der Waals surface area contributed by atoms with E-state index in [0.717, 1.165) is 21.5 Å². The van der Waals surface area contributed by atoms with Crippen LogP contribution in [0.3, 0.4) is 0 Å². The summed E-state index contributed by atoms with van der Waals surface area (Å²) in [6, 6.07) is 5.39. The Bertz CT molecular complexity index is 550. The van der Waals surface area contributed by atoms with Crippen LogP contribution in [0.2, 0.25) is 5.02 Å². The van der Waals surface area contributed by atoms with Crippen LogP contribution < -0.4 is 5.73 Å². The first-order valence-electron chi connectivity index (χ1n) is 5.14. The van der Waals surface area contributed by atoms with Gasteiger partial charge in [0.2, 0.25) is 0 Å². The molecule has 1 aromatic heterocycles. The maximum absolute atomic E-state index is 5.98. The molecule has 0 saturated heterocycles. The predicted octanol–water partition coefficient (Wildman–Crippen LogP) is 3.01. The normalized spacial score (nSPS) is 12.8. The number of halogens is 2. The Morgan fingerprint density at radius 2 is 2.18 bits per heavy atom. The van der Waals surface area contributed by atoms with Gasteiger partial charge >= 0.3 is 0 Å². The molecule has 1 unspecified atom stereocenters. The third-order valence-electron chi connectivity index (χ3n) is 2.50. The van der Waals surface area contributed by atoms with E-state index in [-0.39, 0.29) is 6.04 Å². The number of hydrogen-bond acceptors (Lipinski definition) is 3. The molecule has 1 aromatic carbocycles. The fraction of sp³-hybridized carbons (Fsp3) is 0.273. The Morgan fingerprint density at radius 1 is 1.47 bits per heavy atom. The van der Waals surface area contributed by atoms with E-state index in [9.17, 15) is 0 Å². The summed E-state index contributed by atoms with van der Waals surface area (Å²) in [5, 5.41) is 8.85. The number of nitrogens with zero attached hydrogens (tertiary/aromatic N) is 3. The van der Waals surface area contributed by atoms with Gasteiger partial charge in [0.05, 0.1) is 11.4 Å². The van der Waals surface area contributed by atoms with Crippen LogP contribution in [0.4, 0.5) is 0 Å². The second-order valence-electron chi connectivity index (χ2n) is 3.86. The van der Waals surface area contributed by atoms with Crippen molar-refractivity contribution in [2.24, 2.45) is 5.73 Å². The highest BCUT2D eigenvalue weighted by Gasteiger charge is 2.15. The standard InChI is InChI=1S/C11H12BrClN4/c1-6(14)11-7(2)17(16-15-11)10-5-8(13)3-4-9(10)12/h3-6H,14H2,1-2H3. The van der Waals surface area contributed by atoms with Gasteiger partial charge in [-0.2, -0.15) is 0 Å². The highest BCUT2D eigenvalue weighted by molar-refractivity contribution is 9.10. The summed E-state index contributed by atoms with van der Waals surface area (Å²) in [4.78, 5) is 0. The highest BCUT2D eigenvalue weighted by atomic mass is 79.9. The zero-order valence-corrected chi connectivity index (χ0v) is 11.8. The second kappa shape index (κ2) is 4.76. The monoisotopic (exact) mass is 314 g/mol. The molecule has 6 heteroatoms. The minimum Gasteiger partial charge on any atom is -0.323 e. The van der Waals surface area contributed by atoms with Gasteiger partial charge in [-0.15, -0.1) is 5.10 Å². The molecule has 17 heavy (non-hydrogen) atoms. The van der Waals surface area contributed by atoms with Gasteiger partial charge in [-0.25, -0.2) is 4.68 Å². The van der Waals surface area contributed by atoms with Crippen molar-refractivity contribution in [1.29, 1.82) is 0 Å². The van der Waals surface area contributed by atoms with Gasteiger partial charge in [0.25, 0.3) is 0 Å². The Balaban J connectivity index is 2.57. The molecule has 0 aliphatic carbocycles. The summed E-state index contributed by atoms with van der Waals surface area (Å²) in [5.74, 6) is 0. The summed E-state index contributed by atoms with van der Waals surface area (Å²) in [7, 11) is 0. The van der Waals surface area contributed by atoms with Crippen molar-refractivity contribution in [3.05, 3.63) is 39.1 Å². The number of hydrogen-bond donors (Lipinski definition) is 1. The van der Waals surface area contributed by atoms with Crippen molar-refractivity contribution in [3.8, 4) is 5.69 Å². The lowest BCUT2D eigenvalue weighted by atomic mass is 10.2. The van der Waals surface area contributed by atoms with E-state index in [2.05, 4.69) is 26.2 Å². The van der Waals surface area contributed by atoms with E-state index in [1.54, 1.807) is 4.68 Å². The lowest BCUT2D eigenvalue weighted by molar-refractivity contribution is 0.756. The van der Waals surface area contributed by atoms with Crippen LogP contribution in [-0.4, -0.2) is 15.0 Å². The third kappa shape index (κ3) is 2.36. The Labute approximate surface area is 113 Å². The predicted molar refractivity (Wildman–Crippen MR) is 71.4 cm³/mol. The Morgan fingerprint density at radius 3 is 2.76 bits per heavy atom. The average Bonchev–Trinajstić information content (AvgIpc) is 2.64. The fourth-order valence-electron chi connectivity index (χ4n) is 1.64. The number of aromatic nitrogens is 3. The summed E-state index contributed by atoms with van der Waals surface area (Å²) in [6.45, 7) is 3.82. The van der Waals surface area contributed by atoms with Gasteiger partial charge in [-0.05, 0) is 48.0 Å². The van der Waals surface area contributed by atoms with Gasteiger partial charge in [-0.1, -0.05) is 16.8 Å². The molecule has 0 amide bonds. The molecule has 0 aliphatic rings. The minimum atomic E-state index is -0.137. The van der Waals surface area contributed by atoms with Crippen molar-refractivity contribution in [3.63, 3.8) is 0 Å². The zero-order chi connectivity index (χ0) is 12.6. The third-order valence-corrected chi connectivity index (χ3v) is 3.40. The van der Waals surface area contributed by atoms with Crippen molar-refractivity contribution in [1.82, 2.24) is 15.0 Å². The SMILES string of the molecule is Cc1c(C(C)N)nnn1-c1cc(Cl)ccc1Br. The van der Waals surface area contributed by atoms with E-state index in [4.69, 9.17) is 17.3 Å². The molecule has 0 bridgehead atoms. The van der Waals surface area contributed by atoms with E-state index in [1.807, 2.05) is 32.0 Å². The van der Waals surface area contributed by atoms with Gasteiger partial charge in [0, 0.05) is 15.5 Å². The smallest absolute Gasteiger partial charge is 0.102 e. The molecule has 1 atom stereocenters. The molecule has 4 nitrogen and oxygen atoms in total. The average molecular weight is 316 g/mol. The number of benzene rings is 1. The first-order chi connectivity index (χ1) is 8.00. The second-order valence-corrected chi connectivity index (χ2v) is 5.15. The van der Waals surface area contributed by atoms with Crippen LogP contribution in [0.1, 0.15) is 24.4 Å². The molecule has 2 aromatic rings. The van der Waals surface area contributed by atoms with E-state index in [1.165, 1.54) is 0 Å². The quantitative estimate of drug-likeness (QED) is 0.927. The Kier molecular flexibility index (Phi) is 3.51. The number of rotatable bonds is 2. The van der Waals surface area contributed by atoms with Crippen LogP contribution >= 0.6 is 27.5 Å². The van der Waals surface area contributed by atoms with Gasteiger partial charge in [0.15, 0.2) is 0 Å². The summed E-state index contributed by atoms with van der Waals surface area (Å²) in [5.41, 5.74) is 8.38. The summed E-state index contributed by atoms with van der Waals surface area (Å²) < 4.78 is 2.64. The zero-order valence-electron chi connectivity index (χ0n) is 9.48. The maximum Gasteiger partial charge on any atom is 0.102 e. The van der Waals surface area contributed by atoms with Crippen molar-refractivity contribution in [2.75, 3.05) is 0 Å². The molecule has 0 aliphatic heterocycles. The van der Waals surface area contributed by atoms with Gasteiger partial charge in [0.1, 0.15) is 5.69 Å². The first kappa shape index (κ1) is 12.5. The molecule has 0 radical (unpaired) electrons. The summed E-state index contributed by atoms with van der Waals surface area (Å²) >= 11 is 9.45. The molecule has 0 spiro atoms. The van der Waals surface area contributed by atoms with Crippen LogP contribution in [0.5, 0.6) is 0 Å². The van der Waals surface area contributed by atoms with Gasteiger partial charge < -0.3 is 5.73 Å². The fourth-order valence-corrected chi connectivity index (χ4v) is 2.22. The minimum absolute atomic E-state index is 0.137. The van der Waals surface area contributed by atoms with E-state index < -0.39 is 0 Å². The first-order valence-corrected chi connectivity index (χ1v) is 6.31. The van der Waals surface area contributed by atoms with Crippen LogP contribution in [0.15, 0.2) is 22.7 Å². The van der Waals surface area contributed by atoms with Crippen molar-refractivity contribution >= 4 is 27.5 Å². The van der Waals surface area contributed by atoms with Crippen LogP contribution in [0.25, 0.3) is 5.69 Å². The molecule has 0 fully saturated rings. The lowest BCUT2D eigenvalue weighted by Crippen LogP contribution is -2.08. The van der Waals surface area contributed by atoms with E-state index in [0.29, 0.717) is 5.02 Å². The summed E-state index contributed by atoms with van der Waals surface area (Å²) in [6.07, 6.45) is 0. The van der Waals surface area contributed by atoms with Crippen molar-refractivity contribution in [2.45, 2.75) is 19.9 Å². The number of nitrogens with two attached hydrogens (primary N) is 1. The lowest BCUT2D eigenvalue weighted by Gasteiger charge is -2.07. The highest BCUT2D eigenvalue weighted by Crippen LogP contribution is 2.26. The maximum atomic E-state index is 5.98. The van der Waals surface area contributed by atoms with Crippen molar-refractivity contribution < 1.29 is 0 Å². The molecule has 0 saturated carbocycles. The van der Waals surface area contributed by atoms with E-state index >= 15 is 0 Å². The van der Waals surface area contributed by atoms with Gasteiger partial charge in [-0.3, -0.25) is 0 Å². The Hall–Kier alpha value is -0.910. The van der Waals surface area contributed by atoms with Crippen LogP contribution in [0, 0.1) is 6.92 Å². The molecule has 2 N–H and O–H groups in total. The molecule has 90 valence electrons. The molecular formula is C11H12BrClN4. The topological polar surface area (TPSA) is 56.7 Å². The molecule has 1 heterocycles. The molecule has 2 rings (SSSR count). The van der Waals surface area contributed by atoms with Crippen LogP contribution in [-0.2, 0) is 0 Å². The largest absolute Gasteiger partial charge is 0.323 e.